The summed E-state index contributed by atoms with van der Waals surface area (Å²) in [6.07, 6.45) is 1.39. The molecule has 0 amide bonds. The molecule has 0 bridgehead atoms. The molecule has 1 saturated heterocycles. The zero-order valence-electron chi connectivity index (χ0n) is 11.9. The molecule has 0 aromatic heterocycles. The predicted octanol–water partition coefficient (Wildman–Crippen LogP) is 2.99. The van der Waals surface area contributed by atoms with Crippen molar-refractivity contribution in [3.05, 3.63) is 28.2 Å². The molecule has 1 aliphatic rings. The normalized spacial score (nSPS) is 22.7. The summed E-state index contributed by atoms with van der Waals surface area (Å²) in [6.45, 7) is 6.43. The second-order valence-corrected chi connectivity index (χ2v) is 8.40. The lowest BCUT2D eigenvalue weighted by Gasteiger charge is -2.35. The van der Waals surface area contributed by atoms with Crippen LogP contribution in [0.25, 0.3) is 0 Å². The average molecular weight is 362 g/mol. The SMILES string of the molecule is Cc1cc(S(=O)(=O)NC2CCOC(C)(C)C2)ccc1Br. The van der Waals surface area contributed by atoms with Gasteiger partial charge in [0.25, 0.3) is 0 Å². The Kier molecular flexibility index (Phi) is 4.59. The number of benzene rings is 1. The minimum Gasteiger partial charge on any atom is -0.375 e. The van der Waals surface area contributed by atoms with Gasteiger partial charge in [-0.1, -0.05) is 15.9 Å². The summed E-state index contributed by atoms with van der Waals surface area (Å²) < 4.78 is 34.1. The molecular weight excluding hydrogens is 342 g/mol. The largest absolute Gasteiger partial charge is 0.375 e. The van der Waals surface area contributed by atoms with Crippen molar-refractivity contribution in [1.29, 1.82) is 0 Å². The van der Waals surface area contributed by atoms with Crippen LogP contribution in [-0.4, -0.2) is 26.7 Å². The molecule has 4 nitrogen and oxygen atoms in total. The van der Waals surface area contributed by atoms with Crippen molar-refractivity contribution in [3.63, 3.8) is 0 Å². The number of hydrogen-bond acceptors (Lipinski definition) is 3. The van der Waals surface area contributed by atoms with Gasteiger partial charge in [0.05, 0.1) is 10.5 Å². The van der Waals surface area contributed by atoms with E-state index in [1.165, 1.54) is 0 Å². The van der Waals surface area contributed by atoms with Crippen LogP contribution in [0.5, 0.6) is 0 Å². The first kappa shape index (κ1) is 15.9. The zero-order chi connectivity index (χ0) is 15.0. The topological polar surface area (TPSA) is 55.4 Å². The molecule has 1 aromatic carbocycles. The quantitative estimate of drug-likeness (QED) is 0.900. The van der Waals surface area contributed by atoms with Gasteiger partial charge in [0.15, 0.2) is 0 Å². The number of halogens is 1. The number of rotatable bonds is 3. The third-order valence-electron chi connectivity index (χ3n) is 3.46. The van der Waals surface area contributed by atoms with E-state index in [0.29, 0.717) is 24.3 Å². The van der Waals surface area contributed by atoms with Crippen LogP contribution in [0, 0.1) is 6.92 Å². The molecule has 1 unspecified atom stereocenters. The summed E-state index contributed by atoms with van der Waals surface area (Å²) in [5, 5.41) is 0. The smallest absolute Gasteiger partial charge is 0.240 e. The van der Waals surface area contributed by atoms with Gasteiger partial charge in [-0.25, -0.2) is 13.1 Å². The molecule has 0 saturated carbocycles. The van der Waals surface area contributed by atoms with Crippen LogP contribution in [-0.2, 0) is 14.8 Å². The summed E-state index contributed by atoms with van der Waals surface area (Å²) in [5.74, 6) is 0. The number of nitrogens with one attached hydrogen (secondary N) is 1. The highest BCUT2D eigenvalue weighted by Gasteiger charge is 2.31. The third kappa shape index (κ3) is 3.81. The van der Waals surface area contributed by atoms with Gasteiger partial charge in [-0.05, 0) is 57.4 Å². The van der Waals surface area contributed by atoms with Crippen LogP contribution in [0.15, 0.2) is 27.6 Å². The maximum Gasteiger partial charge on any atom is 0.240 e. The van der Waals surface area contributed by atoms with E-state index in [0.717, 1.165) is 10.0 Å². The number of ether oxygens (including phenoxy) is 1. The first-order valence-corrected chi connectivity index (χ1v) is 8.90. The van der Waals surface area contributed by atoms with Crippen molar-refractivity contribution in [2.45, 2.75) is 50.2 Å². The van der Waals surface area contributed by atoms with E-state index < -0.39 is 10.0 Å². The average Bonchev–Trinajstić information content (AvgIpc) is 2.30. The lowest BCUT2D eigenvalue weighted by Crippen LogP contribution is -2.45. The molecule has 1 N–H and O–H groups in total. The fourth-order valence-corrected chi connectivity index (χ4v) is 4.01. The van der Waals surface area contributed by atoms with Crippen molar-refractivity contribution in [2.75, 3.05) is 6.61 Å². The van der Waals surface area contributed by atoms with Crippen LogP contribution < -0.4 is 4.72 Å². The van der Waals surface area contributed by atoms with Crippen molar-refractivity contribution in [2.24, 2.45) is 0 Å². The van der Waals surface area contributed by atoms with Crippen LogP contribution in [0.1, 0.15) is 32.3 Å². The summed E-state index contributed by atoms with van der Waals surface area (Å²) in [7, 11) is -3.48. The Morgan fingerprint density at radius 1 is 1.40 bits per heavy atom. The van der Waals surface area contributed by atoms with Crippen molar-refractivity contribution >= 4 is 26.0 Å². The monoisotopic (exact) mass is 361 g/mol. The third-order valence-corrected chi connectivity index (χ3v) is 5.87. The van der Waals surface area contributed by atoms with Gasteiger partial charge in [0.2, 0.25) is 10.0 Å². The maximum atomic E-state index is 12.4. The van der Waals surface area contributed by atoms with Crippen molar-refractivity contribution in [3.8, 4) is 0 Å². The Morgan fingerprint density at radius 2 is 2.10 bits per heavy atom. The molecule has 0 aliphatic carbocycles. The molecule has 112 valence electrons. The molecule has 0 spiro atoms. The molecule has 1 aromatic rings. The van der Waals surface area contributed by atoms with Crippen LogP contribution in [0.3, 0.4) is 0 Å². The van der Waals surface area contributed by atoms with E-state index in [2.05, 4.69) is 20.7 Å². The summed E-state index contributed by atoms with van der Waals surface area (Å²) >= 11 is 3.38. The fraction of sp³-hybridized carbons (Fsp3) is 0.571. The van der Waals surface area contributed by atoms with Gasteiger partial charge >= 0.3 is 0 Å². The number of hydrogen-bond donors (Lipinski definition) is 1. The van der Waals surface area contributed by atoms with Crippen molar-refractivity contribution in [1.82, 2.24) is 4.72 Å². The highest BCUT2D eigenvalue weighted by molar-refractivity contribution is 9.10. The van der Waals surface area contributed by atoms with Gasteiger partial charge in [0, 0.05) is 17.1 Å². The van der Waals surface area contributed by atoms with Gasteiger partial charge < -0.3 is 4.74 Å². The molecule has 1 aliphatic heterocycles. The Labute approximate surface area is 129 Å². The molecule has 1 atom stereocenters. The van der Waals surface area contributed by atoms with Gasteiger partial charge in [0.1, 0.15) is 0 Å². The minimum atomic E-state index is -3.48. The predicted molar refractivity (Wildman–Crippen MR) is 82.3 cm³/mol. The molecule has 1 heterocycles. The van der Waals surface area contributed by atoms with E-state index >= 15 is 0 Å². The van der Waals surface area contributed by atoms with E-state index in [1.807, 2.05) is 20.8 Å². The van der Waals surface area contributed by atoms with Gasteiger partial charge in [-0.3, -0.25) is 0 Å². The lowest BCUT2D eigenvalue weighted by molar-refractivity contribution is -0.0599. The molecule has 6 heteroatoms. The Balaban J connectivity index is 2.16. The summed E-state index contributed by atoms with van der Waals surface area (Å²) in [6, 6.07) is 4.98. The molecular formula is C14H20BrNO3S. The van der Waals surface area contributed by atoms with Gasteiger partial charge in [-0.15, -0.1) is 0 Å². The molecule has 1 fully saturated rings. The molecule has 2 rings (SSSR count). The van der Waals surface area contributed by atoms with E-state index in [-0.39, 0.29) is 11.6 Å². The fourth-order valence-electron chi connectivity index (χ4n) is 2.40. The Hall–Kier alpha value is -0.430. The molecule has 20 heavy (non-hydrogen) atoms. The van der Waals surface area contributed by atoms with Crippen LogP contribution in [0.2, 0.25) is 0 Å². The van der Waals surface area contributed by atoms with Crippen LogP contribution in [0.4, 0.5) is 0 Å². The Morgan fingerprint density at radius 3 is 2.70 bits per heavy atom. The Bertz CT molecular complexity index is 598. The highest BCUT2D eigenvalue weighted by Crippen LogP contribution is 2.26. The minimum absolute atomic E-state index is 0.0762. The first-order valence-electron chi connectivity index (χ1n) is 6.62. The second-order valence-electron chi connectivity index (χ2n) is 5.83. The highest BCUT2D eigenvalue weighted by atomic mass is 79.9. The van der Waals surface area contributed by atoms with Crippen LogP contribution >= 0.6 is 15.9 Å². The van der Waals surface area contributed by atoms with Gasteiger partial charge in [-0.2, -0.15) is 0 Å². The lowest BCUT2D eigenvalue weighted by atomic mass is 9.95. The first-order chi connectivity index (χ1) is 9.20. The maximum absolute atomic E-state index is 12.4. The van der Waals surface area contributed by atoms with Crippen molar-refractivity contribution < 1.29 is 13.2 Å². The number of sulfonamides is 1. The summed E-state index contributed by atoms with van der Waals surface area (Å²) in [5.41, 5.74) is 0.626. The van der Waals surface area contributed by atoms with E-state index in [9.17, 15) is 8.42 Å². The summed E-state index contributed by atoms with van der Waals surface area (Å²) in [4.78, 5) is 0.308. The zero-order valence-corrected chi connectivity index (χ0v) is 14.3. The molecule has 0 radical (unpaired) electrons. The second kappa shape index (κ2) is 5.75. The van der Waals surface area contributed by atoms with E-state index in [4.69, 9.17) is 4.74 Å². The number of aryl methyl sites for hydroxylation is 1. The standard InChI is InChI=1S/C14H20BrNO3S/c1-10-8-12(4-5-13(10)15)20(17,18)16-11-6-7-19-14(2,3)9-11/h4-5,8,11,16H,6-7,9H2,1-3H3. The van der Waals surface area contributed by atoms with E-state index in [1.54, 1.807) is 18.2 Å².